The van der Waals surface area contributed by atoms with E-state index in [9.17, 15) is 19.8 Å². The highest BCUT2D eigenvalue weighted by atomic mass is 35.5. The van der Waals surface area contributed by atoms with E-state index in [-0.39, 0.29) is 50.1 Å². The van der Waals surface area contributed by atoms with Crippen molar-refractivity contribution in [3.8, 4) is 11.1 Å². The van der Waals surface area contributed by atoms with E-state index in [4.69, 9.17) is 0 Å². The molecule has 0 saturated carbocycles. The summed E-state index contributed by atoms with van der Waals surface area (Å²) in [4.78, 5) is 24.0. The van der Waals surface area contributed by atoms with Crippen LogP contribution in [-0.4, -0.2) is 48.3 Å². The number of benzene rings is 3. The SMILES string of the molecule is [Cl-].[Cl-].[Cl-].[NH3+]CCC[NH2+]CCC[NH2+]Cc1ccc(-c2ccc(C[C@H](C(=O)O)[C@H](Cc3ccccc3)C(=O)O)cc2)cc1. The zero-order valence-corrected chi connectivity index (χ0v) is 25.5. The molecule has 2 atom stereocenters. The molecular formula is C31H42Cl3N3O4. The van der Waals surface area contributed by atoms with Crippen molar-refractivity contribution in [3.63, 3.8) is 0 Å². The van der Waals surface area contributed by atoms with E-state index in [0.717, 1.165) is 41.9 Å². The van der Waals surface area contributed by atoms with Gasteiger partial charge >= 0.3 is 11.9 Å². The van der Waals surface area contributed by atoms with Gasteiger partial charge in [-0.05, 0) is 35.1 Å². The molecule has 41 heavy (non-hydrogen) atoms. The average molecular weight is 627 g/mol. The Kier molecular flexibility index (Phi) is 19.7. The summed E-state index contributed by atoms with van der Waals surface area (Å²) in [5.74, 6) is -4.19. The molecule has 0 heterocycles. The lowest BCUT2D eigenvalue weighted by molar-refractivity contribution is -0.690. The zero-order chi connectivity index (χ0) is 27.2. The summed E-state index contributed by atoms with van der Waals surface area (Å²) in [6.07, 6.45) is 2.73. The molecule has 0 aromatic heterocycles. The molecule has 3 rings (SSSR count). The molecule has 0 fully saturated rings. The number of hydrogen-bond acceptors (Lipinski definition) is 2. The number of nitrogens with two attached hydrogens (primary N) is 2. The lowest BCUT2D eigenvalue weighted by Crippen LogP contribution is -3.00. The summed E-state index contributed by atoms with van der Waals surface area (Å²) >= 11 is 0. The van der Waals surface area contributed by atoms with E-state index in [1.54, 1.807) is 0 Å². The number of rotatable bonds is 17. The second-order valence-corrected chi connectivity index (χ2v) is 9.89. The minimum absolute atomic E-state index is 0. The maximum Gasteiger partial charge on any atom is 0.307 e. The Morgan fingerprint density at radius 2 is 1.05 bits per heavy atom. The minimum Gasteiger partial charge on any atom is -1.00 e. The molecule has 0 saturated heterocycles. The van der Waals surface area contributed by atoms with Crippen LogP contribution < -0.4 is 53.6 Å². The summed E-state index contributed by atoms with van der Waals surface area (Å²) in [5.41, 5.74) is 8.94. The number of carboxylic acids is 2. The van der Waals surface area contributed by atoms with Gasteiger partial charge in [-0.15, -0.1) is 0 Å². The van der Waals surface area contributed by atoms with Crippen LogP contribution in [0.3, 0.4) is 0 Å². The first-order valence-electron chi connectivity index (χ1n) is 13.6. The molecule has 3 aromatic rings. The van der Waals surface area contributed by atoms with E-state index < -0.39 is 23.8 Å². The normalized spacial score (nSPS) is 11.7. The molecule has 0 amide bonds. The highest BCUT2D eigenvalue weighted by Crippen LogP contribution is 2.25. The fourth-order valence-corrected chi connectivity index (χ4v) is 4.70. The molecular weight excluding hydrogens is 585 g/mol. The van der Waals surface area contributed by atoms with Gasteiger partial charge in [0.15, 0.2) is 0 Å². The Balaban J connectivity index is 0.00000533. The summed E-state index contributed by atoms with van der Waals surface area (Å²) in [6.45, 7) is 5.43. The molecule has 0 aliphatic rings. The third-order valence-electron chi connectivity index (χ3n) is 6.97. The Hall–Kier alpha value is -2.65. The number of carbonyl (C=O) groups is 2. The van der Waals surface area contributed by atoms with Crippen molar-refractivity contribution in [1.82, 2.24) is 0 Å². The zero-order valence-electron chi connectivity index (χ0n) is 23.2. The average Bonchev–Trinajstić information content (AvgIpc) is 2.93. The second kappa shape index (κ2) is 21.1. The fraction of sp³-hybridized carbons (Fsp3) is 0.355. The van der Waals surface area contributed by atoms with E-state index in [1.165, 1.54) is 31.5 Å². The maximum atomic E-state index is 12.1. The summed E-state index contributed by atoms with van der Waals surface area (Å²) in [5, 5.41) is 24.4. The van der Waals surface area contributed by atoms with Gasteiger partial charge in [-0.3, -0.25) is 9.59 Å². The molecule has 0 spiro atoms. The number of carboxylic acid groups (broad SMARTS) is 2. The van der Waals surface area contributed by atoms with Crippen molar-refractivity contribution in [1.29, 1.82) is 0 Å². The number of hydrogen-bond donors (Lipinski definition) is 5. The Morgan fingerprint density at radius 3 is 1.54 bits per heavy atom. The first kappa shape index (κ1) is 38.4. The molecule has 0 bridgehead atoms. The monoisotopic (exact) mass is 625 g/mol. The smallest absolute Gasteiger partial charge is 0.307 e. The van der Waals surface area contributed by atoms with Crippen LogP contribution in [0.15, 0.2) is 78.9 Å². The van der Waals surface area contributed by atoms with Crippen molar-refractivity contribution in [2.75, 3.05) is 26.2 Å². The Labute approximate surface area is 261 Å². The molecule has 9 N–H and O–H groups in total. The van der Waals surface area contributed by atoms with Crippen molar-refractivity contribution in [2.45, 2.75) is 32.2 Å². The first-order chi connectivity index (χ1) is 18.5. The van der Waals surface area contributed by atoms with Gasteiger partial charge in [0.05, 0.1) is 38.0 Å². The van der Waals surface area contributed by atoms with Crippen LogP contribution in [0.25, 0.3) is 11.1 Å². The molecule has 0 aliphatic carbocycles. The molecule has 226 valence electrons. The molecule has 0 aliphatic heterocycles. The molecule has 0 radical (unpaired) electrons. The fourth-order valence-electron chi connectivity index (χ4n) is 4.70. The largest absolute Gasteiger partial charge is 1.00 e. The number of aliphatic carboxylic acids is 2. The lowest BCUT2D eigenvalue weighted by Gasteiger charge is -2.21. The quantitative estimate of drug-likeness (QED) is 0.0952. The van der Waals surface area contributed by atoms with Crippen LogP contribution in [0.4, 0.5) is 0 Å². The van der Waals surface area contributed by atoms with Crippen LogP contribution in [-0.2, 0) is 29.0 Å². The topological polar surface area (TPSA) is 135 Å². The molecule has 10 heteroatoms. The van der Waals surface area contributed by atoms with Crippen molar-refractivity contribution in [2.24, 2.45) is 11.8 Å². The predicted molar refractivity (Wildman–Crippen MR) is 147 cm³/mol. The highest BCUT2D eigenvalue weighted by Gasteiger charge is 2.34. The van der Waals surface area contributed by atoms with Gasteiger partial charge in [0, 0.05) is 18.4 Å². The summed E-state index contributed by atoms with van der Waals surface area (Å²) in [7, 11) is 0. The van der Waals surface area contributed by atoms with Crippen molar-refractivity contribution >= 4 is 11.9 Å². The van der Waals surface area contributed by atoms with Gasteiger partial charge in [0.2, 0.25) is 0 Å². The van der Waals surface area contributed by atoms with Crippen LogP contribution in [0.2, 0.25) is 0 Å². The molecule has 7 nitrogen and oxygen atoms in total. The van der Waals surface area contributed by atoms with Gasteiger partial charge in [-0.1, -0.05) is 78.9 Å². The van der Waals surface area contributed by atoms with Crippen LogP contribution in [0.1, 0.15) is 29.5 Å². The van der Waals surface area contributed by atoms with E-state index >= 15 is 0 Å². The second-order valence-electron chi connectivity index (χ2n) is 9.89. The third kappa shape index (κ3) is 13.3. The van der Waals surface area contributed by atoms with Crippen molar-refractivity contribution in [3.05, 3.63) is 95.6 Å². The standard InChI is InChI=1S/C31H39N3O4.3ClH/c32-16-4-17-33-18-5-19-34-22-25-10-14-27(15-11-25)26-12-8-24(9-13-26)21-29(31(37)38)28(30(35)36)20-23-6-2-1-3-7-23;;;/h1-3,6-15,28-29,33-34H,4-5,16-22,32H2,(H,35,36)(H,37,38);3*1H/t28-,29-;;;/m0.../s1. The predicted octanol–water partition coefficient (Wildman–Crippen LogP) is -7.80. The van der Waals surface area contributed by atoms with Crippen LogP contribution >= 0.6 is 0 Å². The van der Waals surface area contributed by atoms with Gasteiger partial charge < -0.3 is 63.8 Å². The number of halogens is 3. The minimum atomic E-state index is -1.09. The van der Waals surface area contributed by atoms with Crippen molar-refractivity contribution < 1.29 is 73.4 Å². The molecule has 3 aromatic carbocycles. The van der Waals surface area contributed by atoms with E-state index in [0.29, 0.717) is 0 Å². The summed E-state index contributed by atoms with van der Waals surface area (Å²) < 4.78 is 0. The lowest BCUT2D eigenvalue weighted by atomic mass is 9.82. The Bertz CT molecular complexity index is 1130. The van der Waals surface area contributed by atoms with Crippen LogP contribution in [0.5, 0.6) is 0 Å². The summed E-state index contributed by atoms with van der Waals surface area (Å²) in [6, 6.07) is 25.5. The maximum absolute atomic E-state index is 12.1. The molecule has 0 unspecified atom stereocenters. The van der Waals surface area contributed by atoms with Crippen LogP contribution in [0, 0.1) is 11.8 Å². The number of quaternary nitrogens is 3. The Morgan fingerprint density at radius 1 is 0.610 bits per heavy atom. The third-order valence-corrected chi connectivity index (χ3v) is 6.97. The van der Waals surface area contributed by atoms with Gasteiger partial charge in [0.1, 0.15) is 6.54 Å². The van der Waals surface area contributed by atoms with Gasteiger partial charge in [0.25, 0.3) is 0 Å². The van der Waals surface area contributed by atoms with E-state index in [2.05, 4.69) is 40.6 Å². The first-order valence-corrected chi connectivity index (χ1v) is 13.6. The van der Waals surface area contributed by atoms with Gasteiger partial charge in [-0.2, -0.15) is 0 Å². The highest BCUT2D eigenvalue weighted by molar-refractivity contribution is 5.80. The van der Waals surface area contributed by atoms with E-state index in [1.807, 2.05) is 54.6 Å². The van der Waals surface area contributed by atoms with Gasteiger partial charge in [-0.25, -0.2) is 0 Å².